The summed E-state index contributed by atoms with van der Waals surface area (Å²) in [5.41, 5.74) is 1.79. The maximum Gasteiger partial charge on any atom is 0.276 e. The SMILES string of the molecule is Cc1cccc(NC(=O)C2C(=O)N(C)S(=O)(=O)c3sc(C)cc32)c1. The van der Waals surface area contributed by atoms with Crippen molar-refractivity contribution in [3.63, 3.8) is 0 Å². The van der Waals surface area contributed by atoms with E-state index in [0.717, 1.165) is 21.8 Å². The van der Waals surface area contributed by atoms with Crippen LogP contribution in [-0.4, -0.2) is 31.6 Å². The molecule has 0 spiro atoms. The summed E-state index contributed by atoms with van der Waals surface area (Å²) in [5, 5.41) is 2.70. The average Bonchev–Trinajstić information content (AvgIpc) is 2.88. The van der Waals surface area contributed by atoms with Crippen LogP contribution in [0, 0.1) is 13.8 Å². The van der Waals surface area contributed by atoms with Gasteiger partial charge in [-0.25, -0.2) is 12.7 Å². The monoisotopic (exact) mass is 364 g/mol. The van der Waals surface area contributed by atoms with Crippen molar-refractivity contribution in [2.45, 2.75) is 24.0 Å². The molecular formula is C16H16N2O4S2. The van der Waals surface area contributed by atoms with Crippen LogP contribution in [0.1, 0.15) is 21.9 Å². The van der Waals surface area contributed by atoms with E-state index in [1.165, 1.54) is 7.05 Å². The number of nitrogens with one attached hydrogen (secondary N) is 1. The lowest BCUT2D eigenvalue weighted by atomic mass is 9.99. The van der Waals surface area contributed by atoms with Gasteiger partial charge >= 0.3 is 0 Å². The van der Waals surface area contributed by atoms with Gasteiger partial charge in [0.1, 0.15) is 10.1 Å². The highest BCUT2D eigenvalue weighted by molar-refractivity contribution is 7.92. The second-order valence-corrected chi connectivity index (χ2v) is 9.12. The summed E-state index contributed by atoms with van der Waals surface area (Å²) in [6.07, 6.45) is 0. The first kappa shape index (κ1) is 16.7. The van der Waals surface area contributed by atoms with Crippen LogP contribution < -0.4 is 5.32 Å². The number of carbonyl (C=O) groups is 2. The van der Waals surface area contributed by atoms with Crippen molar-refractivity contribution in [2.75, 3.05) is 12.4 Å². The molecule has 1 aliphatic heterocycles. The van der Waals surface area contributed by atoms with Gasteiger partial charge in [-0.15, -0.1) is 11.3 Å². The minimum Gasteiger partial charge on any atom is -0.325 e. The van der Waals surface area contributed by atoms with E-state index in [-0.39, 0.29) is 9.77 Å². The van der Waals surface area contributed by atoms with Gasteiger partial charge in [0.2, 0.25) is 5.91 Å². The zero-order chi connectivity index (χ0) is 17.6. The Kier molecular flexibility index (Phi) is 3.97. The standard InChI is InChI=1S/C16H16N2O4S2/c1-9-5-4-6-11(7-9)17-14(19)13-12-8-10(2)23-16(12)24(21,22)18(3)15(13)20/h4-8,13H,1-3H3,(H,17,19). The molecule has 8 heteroatoms. The number of nitrogens with zero attached hydrogens (tertiary/aromatic N) is 1. The topological polar surface area (TPSA) is 83.6 Å². The lowest BCUT2D eigenvalue weighted by Crippen LogP contribution is -2.45. The number of carbonyl (C=O) groups excluding carboxylic acids is 2. The van der Waals surface area contributed by atoms with E-state index >= 15 is 0 Å². The Hall–Kier alpha value is -2.19. The van der Waals surface area contributed by atoms with Gasteiger partial charge in [0.15, 0.2) is 0 Å². The number of benzene rings is 1. The van der Waals surface area contributed by atoms with Crippen molar-refractivity contribution in [3.8, 4) is 0 Å². The van der Waals surface area contributed by atoms with Crippen LogP contribution in [-0.2, 0) is 19.6 Å². The van der Waals surface area contributed by atoms with Gasteiger partial charge in [-0.3, -0.25) is 9.59 Å². The number of likely N-dealkylation sites (N-methyl/N-ethyl adjacent to an activating group) is 1. The van der Waals surface area contributed by atoms with Gasteiger partial charge in [-0.05, 0) is 37.6 Å². The molecule has 0 fully saturated rings. The largest absolute Gasteiger partial charge is 0.325 e. The second-order valence-electron chi connectivity index (χ2n) is 5.70. The summed E-state index contributed by atoms with van der Waals surface area (Å²) in [6.45, 7) is 3.64. The number of hydrogen-bond acceptors (Lipinski definition) is 5. The van der Waals surface area contributed by atoms with Crippen molar-refractivity contribution < 1.29 is 18.0 Å². The summed E-state index contributed by atoms with van der Waals surface area (Å²) in [5.74, 6) is -2.45. The maximum atomic E-state index is 12.7. The van der Waals surface area contributed by atoms with Gasteiger partial charge in [-0.1, -0.05) is 12.1 Å². The Morgan fingerprint density at radius 3 is 2.62 bits per heavy atom. The molecule has 2 aromatic rings. The summed E-state index contributed by atoms with van der Waals surface area (Å²) >= 11 is 1.07. The second kappa shape index (κ2) is 5.71. The minimum absolute atomic E-state index is 0.0616. The third-order valence-electron chi connectivity index (χ3n) is 3.86. The molecule has 1 unspecified atom stereocenters. The van der Waals surface area contributed by atoms with E-state index in [1.54, 1.807) is 31.2 Å². The Balaban J connectivity index is 2.03. The van der Waals surface area contributed by atoms with Gasteiger partial charge in [0, 0.05) is 23.2 Å². The van der Waals surface area contributed by atoms with Crippen molar-refractivity contribution >= 4 is 38.9 Å². The summed E-state index contributed by atoms with van der Waals surface area (Å²) in [4.78, 5) is 25.9. The quantitative estimate of drug-likeness (QED) is 0.829. The Morgan fingerprint density at radius 2 is 1.96 bits per heavy atom. The fourth-order valence-corrected chi connectivity index (χ4v) is 5.65. The molecule has 24 heavy (non-hydrogen) atoms. The predicted octanol–water partition coefficient (Wildman–Crippen LogP) is 2.25. The van der Waals surface area contributed by atoms with Gasteiger partial charge in [0.05, 0.1) is 0 Å². The molecule has 0 bridgehead atoms. The molecule has 0 aliphatic carbocycles. The fourth-order valence-electron chi connectivity index (χ4n) is 2.66. The third kappa shape index (κ3) is 2.61. The molecule has 2 amide bonds. The molecule has 1 aromatic heterocycles. The van der Waals surface area contributed by atoms with Crippen LogP contribution in [0.4, 0.5) is 5.69 Å². The number of thiophene rings is 1. The lowest BCUT2D eigenvalue weighted by molar-refractivity contribution is -0.132. The number of rotatable bonds is 2. The molecule has 126 valence electrons. The molecule has 1 aromatic carbocycles. The highest BCUT2D eigenvalue weighted by Gasteiger charge is 2.45. The van der Waals surface area contributed by atoms with Crippen molar-refractivity contribution in [1.29, 1.82) is 0 Å². The Labute approximate surface area is 144 Å². The molecule has 0 saturated carbocycles. The number of amides is 2. The first-order valence-corrected chi connectivity index (χ1v) is 9.48. The molecule has 1 N–H and O–H groups in total. The molecule has 1 atom stereocenters. The highest BCUT2D eigenvalue weighted by atomic mass is 32.2. The van der Waals surface area contributed by atoms with E-state index < -0.39 is 27.8 Å². The number of sulfonamides is 1. The van der Waals surface area contributed by atoms with E-state index in [4.69, 9.17) is 0 Å². The van der Waals surface area contributed by atoms with Crippen molar-refractivity contribution in [3.05, 3.63) is 46.3 Å². The number of hydrogen-bond donors (Lipinski definition) is 1. The van der Waals surface area contributed by atoms with Crippen molar-refractivity contribution in [1.82, 2.24) is 4.31 Å². The third-order valence-corrected chi connectivity index (χ3v) is 7.21. The van der Waals surface area contributed by atoms with Crippen molar-refractivity contribution in [2.24, 2.45) is 0 Å². The number of anilines is 1. The number of aryl methyl sites for hydroxylation is 2. The minimum atomic E-state index is -3.87. The molecule has 2 heterocycles. The van der Waals surface area contributed by atoms with Crippen LogP contribution in [0.15, 0.2) is 34.5 Å². The maximum absolute atomic E-state index is 12.7. The summed E-state index contributed by atoms with van der Waals surface area (Å²) in [7, 11) is -2.69. The first-order valence-electron chi connectivity index (χ1n) is 7.22. The summed E-state index contributed by atoms with van der Waals surface area (Å²) in [6, 6.07) is 8.79. The van der Waals surface area contributed by atoms with Crippen LogP contribution in [0.2, 0.25) is 0 Å². The predicted molar refractivity (Wildman–Crippen MR) is 91.6 cm³/mol. The van der Waals surface area contributed by atoms with E-state index in [0.29, 0.717) is 9.99 Å². The van der Waals surface area contributed by atoms with Gasteiger partial charge < -0.3 is 5.32 Å². The van der Waals surface area contributed by atoms with Crippen LogP contribution in [0.5, 0.6) is 0 Å². The fraction of sp³-hybridized carbons (Fsp3) is 0.250. The molecular weight excluding hydrogens is 348 g/mol. The lowest BCUT2D eigenvalue weighted by Gasteiger charge is -2.28. The van der Waals surface area contributed by atoms with E-state index in [1.807, 2.05) is 13.0 Å². The molecule has 1 aliphatic rings. The zero-order valence-corrected chi connectivity index (χ0v) is 15.0. The molecule has 3 rings (SSSR count). The Bertz CT molecular complexity index is 947. The summed E-state index contributed by atoms with van der Waals surface area (Å²) < 4.78 is 25.5. The Morgan fingerprint density at radius 1 is 1.25 bits per heavy atom. The van der Waals surface area contributed by atoms with Gasteiger partial charge in [0.25, 0.3) is 15.9 Å². The normalized spacial score (nSPS) is 19.0. The van der Waals surface area contributed by atoms with Crippen LogP contribution in [0.3, 0.4) is 0 Å². The van der Waals surface area contributed by atoms with E-state index in [9.17, 15) is 18.0 Å². The molecule has 0 radical (unpaired) electrons. The molecule has 0 saturated heterocycles. The first-order chi connectivity index (χ1) is 11.2. The average molecular weight is 364 g/mol. The van der Waals surface area contributed by atoms with Crippen LogP contribution in [0.25, 0.3) is 0 Å². The highest BCUT2D eigenvalue weighted by Crippen LogP contribution is 2.39. The zero-order valence-electron chi connectivity index (χ0n) is 13.4. The van der Waals surface area contributed by atoms with Crippen LogP contribution >= 0.6 is 11.3 Å². The number of fused-ring (bicyclic) bond motifs is 1. The van der Waals surface area contributed by atoms with Gasteiger partial charge in [-0.2, -0.15) is 0 Å². The molecule has 6 nitrogen and oxygen atoms in total. The van der Waals surface area contributed by atoms with E-state index in [2.05, 4.69) is 5.32 Å². The smallest absolute Gasteiger partial charge is 0.276 e.